The van der Waals surface area contributed by atoms with Gasteiger partial charge in [-0.15, -0.1) is 0 Å². The van der Waals surface area contributed by atoms with Crippen LogP contribution >= 0.6 is 15.9 Å². The molecule has 0 saturated heterocycles. The number of imidazole rings is 1. The van der Waals surface area contributed by atoms with E-state index in [4.69, 9.17) is 0 Å². The van der Waals surface area contributed by atoms with Crippen molar-refractivity contribution in [3.8, 4) is 0 Å². The molecule has 110 valence electrons. The molecular formula is C15H23BrN4. The lowest BCUT2D eigenvalue weighted by atomic mass is 10.1. The molecule has 2 heterocycles. The molecule has 0 fully saturated rings. The Balaban J connectivity index is 2.01. The zero-order chi connectivity index (χ0) is 14.4. The molecule has 0 bridgehead atoms. The minimum atomic E-state index is 0.607. The summed E-state index contributed by atoms with van der Waals surface area (Å²) in [6.07, 6.45) is 12.0. The van der Waals surface area contributed by atoms with E-state index < -0.39 is 0 Å². The van der Waals surface area contributed by atoms with Gasteiger partial charge in [-0.05, 0) is 28.8 Å². The van der Waals surface area contributed by atoms with E-state index in [-0.39, 0.29) is 0 Å². The van der Waals surface area contributed by atoms with E-state index in [1.165, 1.54) is 37.8 Å². The fourth-order valence-corrected chi connectivity index (χ4v) is 2.75. The van der Waals surface area contributed by atoms with Gasteiger partial charge in [-0.1, -0.05) is 33.1 Å². The van der Waals surface area contributed by atoms with Crippen molar-refractivity contribution in [3.63, 3.8) is 0 Å². The average Bonchev–Trinajstić information content (AvgIpc) is 2.84. The van der Waals surface area contributed by atoms with Gasteiger partial charge in [0.2, 0.25) is 0 Å². The van der Waals surface area contributed by atoms with Crippen molar-refractivity contribution < 1.29 is 0 Å². The zero-order valence-electron chi connectivity index (χ0n) is 12.3. The number of halogens is 1. The third kappa shape index (κ3) is 4.03. The third-order valence-corrected chi connectivity index (χ3v) is 3.97. The van der Waals surface area contributed by atoms with Crippen molar-refractivity contribution in [1.29, 1.82) is 0 Å². The van der Waals surface area contributed by atoms with Crippen LogP contribution in [0.3, 0.4) is 0 Å². The van der Waals surface area contributed by atoms with Crippen LogP contribution in [0.4, 0.5) is 0 Å². The summed E-state index contributed by atoms with van der Waals surface area (Å²) in [5, 5.41) is 3.67. The minimum Gasteiger partial charge on any atom is -0.308 e. The highest BCUT2D eigenvalue weighted by molar-refractivity contribution is 9.10. The SMILES string of the molecule is CCCCC(CCC)NCc1cnc2cnc(Br)cn12. The highest BCUT2D eigenvalue weighted by atomic mass is 79.9. The Labute approximate surface area is 129 Å². The fraction of sp³-hybridized carbons (Fsp3) is 0.600. The van der Waals surface area contributed by atoms with Gasteiger partial charge in [0, 0.05) is 18.8 Å². The molecule has 5 heteroatoms. The van der Waals surface area contributed by atoms with E-state index in [1.807, 2.05) is 12.4 Å². The molecule has 2 rings (SSSR count). The number of hydrogen-bond acceptors (Lipinski definition) is 3. The van der Waals surface area contributed by atoms with Crippen LogP contribution in [0.15, 0.2) is 23.2 Å². The highest BCUT2D eigenvalue weighted by Gasteiger charge is 2.09. The minimum absolute atomic E-state index is 0.607. The number of hydrogen-bond donors (Lipinski definition) is 1. The van der Waals surface area contributed by atoms with Crippen LogP contribution in [0.2, 0.25) is 0 Å². The van der Waals surface area contributed by atoms with Crippen LogP contribution in [0.1, 0.15) is 51.6 Å². The van der Waals surface area contributed by atoms with Gasteiger partial charge >= 0.3 is 0 Å². The Morgan fingerprint density at radius 3 is 2.80 bits per heavy atom. The molecular weight excluding hydrogens is 316 g/mol. The summed E-state index contributed by atoms with van der Waals surface area (Å²) in [5.74, 6) is 0. The normalized spacial score (nSPS) is 12.9. The molecule has 4 nitrogen and oxygen atoms in total. The number of nitrogens with zero attached hydrogens (tertiary/aromatic N) is 3. The second-order valence-electron chi connectivity index (χ2n) is 5.20. The van der Waals surface area contributed by atoms with E-state index in [1.54, 1.807) is 6.20 Å². The third-order valence-electron chi connectivity index (χ3n) is 3.56. The number of nitrogens with one attached hydrogen (secondary N) is 1. The first kappa shape index (κ1) is 15.4. The molecule has 0 saturated carbocycles. The second kappa shape index (κ2) is 7.74. The number of fused-ring (bicyclic) bond motifs is 1. The quantitative estimate of drug-likeness (QED) is 0.792. The van der Waals surface area contributed by atoms with E-state index in [0.717, 1.165) is 16.8 Å². The monoisotopic (exact) mass is 338 g/mol. The van der Waals surface area contributed by atoms with Crippen LogP contribution in [-0.2, 0) is 6.54 Å². The average molecular weight is 339 g/mol. The van der Waals surface area contributed by atoms with E-state index in [2.05, 4.69) is 49.5 Å². The van der Waals surface area contributed by atoms with Gasteiger partial charge in [0.05, 0.1) is 18.1 Å². The molecule has 1 N–H and O–H groups in total. The van der Waals surface area contributed by atoms with Gasteiger partial charge in [0.15, 0.2) is 5.65 Å². The summed E-state index contributed by atoms with van der Waals surface area (Å²) in [6, 6.07) is 0.607. The standard InChI is InChI=1S/C15H23BrN4/c1-3-5-7-12(6-4-2)17-8-13-9-19-15-10-18-14(16)11-20(13)15/h9-12,17H,3-8H2,1-2H3. The molecule has 0 amide bonds. The second-order valence-corrected chi connectivity index (χ2v) is 6.01. The molecule has 0 aliphatic carbocycles. The lowest BCUT2D eigenvalue weighted by Crippen LogP contribution is -2.28. The Morgan fingerprint density at radius 1 is 1.20 bits per heavy atom. The van der Waals surface area contributed by atoms with Crippen molar-refractivity contribution in [1.82, 2.24) is 19.7 Å². The molecule has 0 radical (unpaired) electrons. The summed E-state index contributed by atoms with van der Waals surface area (Å²) in [5.41, 5.74) is 2.08. The molecule has 0 spiro atoms. The summed E-state index contributed by atoms with van der Waals surface area (Å²) in [6.45, 7) is 5.35. The summed E-state index contributed by atoms with van der Waals surface area (Å²) in [7, 11) is 0. The highest BCUT2D eigenvalue weighted by Crippen LogP contribution is 2.12. The van der Waals surface area contributed by atoms with Crippen LogP contribution < -0.4 is 5.32 Å². The van der Waals surface area contributed by atoms with Crippen molar-refractivity contribution in [2.24, 2.45) is 0 Å². The molecule has 0 aliphatic rings. The zero-order valence-corrected chi connectivity index (χ0v) is 13.9. The van der Waals surface area contributed by atoms with Gasteiger partial charge in [-0.25, -0.2) is 9.97 Å². The topological polar surface area (TPSA) is 42.2 Å². The van der Waals surface area contributed by atoms with Crippen LogP contribution in [0.25, 0.3) is 5.65 Å². The van der Waals surface area contributed by atoms with Crippen LogP contribution in [0.5, 0.6) is 0 Å². The van der Waals surface area contributed by atoms with Gasteiger partial charge in [-0.3, -0.25) is 4.40 Å². The molecule has 1 atom stereocenters. The van der Waals surface area contributed by atoms with E-state index >= 15 is 0 Å². The van der Waals surface area contributed by atoms with Crippen molar-refractivity contribution in [3.05, 3.63) is 28.9 Å². The number of aromatic nitrogens is 3. The molecule has 0 aromatic carbocycles. The van der Waals surface area contributed by atoms with Crippen molar-refractivity contribution >= 4 is 21.6 Å². The fourth-order valence-electron chi connectivity index (χ4n) is 2.44. The Kier molecular flexibility index (Phi) is 5.98. The summed E-state index contributed by atoms with van der Waals surface area (Å²) >= 11 is 3.41. The summed E-state index contributed by atoms with van der Waals surface area (Å²) < 4.78 is 2.92. The first-order chi connectivity index (χ1) is 9.74. The number of rotatable bonds is 8. The molecule has 0 aliphatic heterocycles. The smallest absolute Gasteiger partial charge is 0.155 e. The van der Waals surface area contributed by atoms with Gasteiger partial charge in [0.25, 0.3) is 0 Å². The van der Waals surface area contributed by atoms with Gasteiger partial charge in [-0.2, -0.15) is 0 Å². The maximum Gasteiger partial charge on any atom is 0.155 e. The largest absolute Gasteiger partial charge is 0.308 e. The predicted molar refractivity (Wildman–Crippen MR) is 85.7 cm³/mol. The molecule has 2 aromatic heterocycles. The predicted octanol–water partition coefficient (Wildman–Crippen LogP) is 3.94. The lowest BCUT2D eigenvalue weighted by Gasteiger charge is -2.17. The Morgan fingerprint density at radius 2 is 2.05 bits per heavy atom. The maximum atomic E-state index is 4.39. The first-order valence-electron chi connectivity index (χ1n) is 7.45. The van der Waals surface area contributed by atoms with Crippen molar-refractivity contribution in [2.45, 2.75) is 58.5 Å². The molecule has 1 unspecified atom stereocenters. The molecule has 20 heavy (non-hydrogen) atoms. The van der Waals surface area contributed by atoms with E-state index in [0.29, 0.717) is 6.04 Å². The van der Waals surface area contributed by atoms with Gasteiger partial charge in [0.1, 0.15) is 4.60 Å². The van der Waals surface area contributed by atoms with E-state index in [9.17, 15) is 0 Å². The maximum absolute atomic E-state index is 4.39. The lowest BCUT2D eigenvalue weighted by molar-refractivity contribution is 0.431. The Bertz CT molecular complexity index is 538. The van der Waals surface area contributed by atoms with Crippen molar-refractivity contribution in [2.75, 3.05) is 0 Å². The first-order valence-corrected chi connectivity index (χ1v) is 8.24. The Hall–Kier alpha value is -0.940. The molecule has 2 aromatic rings. The summed E-state index contributed by atoms with van der Waals surface area (Å²) in [4.78, 5) is 8.58. The van der Waals surface area contributed by atoms with Gasteiger partial charge < -0.3 is 5.32 Å². The number of unbranched alkanes of at least 4 members (excludes halogenated alkanes) is 1. The van der Waals surface area contributed by atoms with Crippen LogP contribution in [0, 0.1) is 0 Å². The van der Waals surface area contributed by atoms with Crippen LogP contribution in [-0.4, -0.2) is 20.4 Å².